The molecule has 6 nitrogen and oxygen atoms in total. The van der Waals surface area contributed by atoms with Gasteiger partial charge >= 0.3 is 5.97 Å². The maximum absolute atomic E-state index is 12.6. The first kappa shape index (κ1) is 18.5. The van der Waals surface area contributed by atoms with Crippen molar-refractivity contribution in [1.29, 1.82) is 0 Å². The van der Waals surface area contributed by atoms with Crippen molar-refractivity contribution in [3.63, 3.8) is 0 Å². The van der Waals surface area contributed by atoms with Crippen molar-refractivity contribution in [1.82, 2.24) is 0 Å². The highest BCUT2D eigenvalue weighted by Gasteiger charge is 2.48. The summed E-state index contributed by atoms with van der Waals surface area (Å²) >= 11 is 0. The third-order valence-electron chi connectivity index (χ3n) is 5.77. The Morgan fingerprint density at radius 3 is 2.62 bits per heavy atom. The number of Topliss-reactive ketones (excluding diaryl/α,β-unsaturated/α-hetero) is 1. The average Bonchev–Trinajstić information content (AvgIpc) is 3.16. The van der Waals surface area contributed by atoms with E-state index in [1.807, 2.05) is 6.07 Å². The van der Waals surface area contributed by atoms with Crippen molar-refractivity contribution in [2.75, 3.05) is 25.1 Å². The molecule has 0 radical (unpaired) electrons. The summed E-state index contributed by atoms with van der Waals surface area (Å²) in [7, 11) is 1.58. The van der Waals surface area contributed by atoms with Crippen LogP contribution < -0.4 is 15.4 Å². The lowest BCUT2D eigenvalue weighted by molar-refractivity contribution is -0.132. The number of carboxylic acids is 1. The van der Waals surface area contributed by atoms with E-state index in [1.165, 1.54) is 6.08 Å². The van der Waals surface area contributed by atoms with Crippen LogP contribution in [-0.2, 0) is 4.79 Å². The first-order valence-corrected chi connectivity index (χ1v) is 8.98. The Bertz CT molecular complexity index is 780. The number of methoxy groups -OCH3 is 1. The number of aliphatic carboxylic acids is 1. The van der Waals surface area contributed by atoms with Crippen LogP contribution in [0, 0.1) is 12.8 Å². The van der Waals surface area contributed by atoms with Gasteiger partial charge in [-0.3, -0.25) is 4.79 Å². The minimum Gasteiger partial charge on any atom is -0.494 e. The minimum atomic E-state index is -1.22. The van der Waals surface area contributed by atoms with Gasteiger partial charge in [-0.1, -0.05) is 6.08 Å². The Morgan fingerprint density at radius 2 is 2.08 bits per heavy atom. The Labute approximate surface area is 153 Å². The first-order chi connectivity index (χ1) is 12.3. The van der Waals surface area contributed by atoms with E-state index in [1.54, 1.807) is 27.0 Å². The zero-order chi connectivity index (χ0) is 19.1. The Kier molecular flexibility index (Phi) is 4.80. The highest BCUT2D eigenvalue weighted by atomic mass is 16.5. The van der Waals surface area contributed by atoms with Gasteiger partial charge < -0.3 is 20.5 Å². The third-order valence-corrected chi connectivity index (χ3v) is 5.77. The van der Waals surface area contributed by atoms with Crippen LogP contribution in [0.3, 0.4) is 0 Å². The molecule has 140 valence electrons. The summed E-state index contributed by atoms with van der Waals surface area (Å²) in [4.78, 5) is 26.1. The van der Waals surface area contributed by atoms with Crippen LogP contribution in [0.1, 0.15) is 42.1 Å². The van der Waals surface area contributed by atoms with Gasteiger partial charge in [-0.15, -0.1) is 0 Å². The van der Waals surface area contributed by atoms with Crippen LogP contribution in [-0.4, -0.2) is 42.6 Å². The molecule has 1 saturated heterocycles. The number of anilines is 1. The maximum Gasteiger partial charge on any atom is 0.339 e. The van der Waals surface area contributed by atoms with Crippen molar-refractivity contribution >= 4 is 17.4 Å². The van der Waals surface area contributed by atoms with Crippen LogP contribution in [0.25, 0.3) is 0 Å². The molecule has 1 heterocycles. The Morgan fingerprint density at radius 1 is 1.38 bits per heavy atom. The topological polar surface area (TPSA) is 92.9 Å². The molecule has 0 bridgehead atoms. The van der Waals surface area contributed by atoms with Gasteiger partial charge in [0.15, 0.2) is 5.78 Å². The highest BCUT2D eigenvalue weighted by Crippen LogP contribution is 2.46. The van der Waals surface area contributed by atoms with Gasteiger partial charge in [0.1, 0.15) is 11.3 Å². The summed E-state index contributed by atoms with van der Waals surface area (Å²) < 4.78 is 5.60. The summed E-state index contributed by atoms with van der Waals surface area (Å²) in [5.41, 5.74) is 8.08. The molecule has 1 aliphatic carbocycles. The van der Waals surface area contributed by atoms with Crippen LogP contribution in [0.4, 0.5) is 5.69 Å². The maximum atomic E-state index is 12.6. The standard InChI is InChI=1S/C20H26N2O4/c1-4-14(19(24)25)17(23)15-5-6-16(18(26-3)12(15)2)22-10-7-13(11-22)20(21)8-9-20/h4-6,13H,7-11,21H2,1-3H3,(H,24,25)/b14-4+. The van der Waals surface area contributed by atoms with E-state index >= 15 is 0 Å². The lowest BCUT2D eigenvalue weighted by Gasteiger charge is -2.25. The van der Waals surface area contributed by atoms with Crippen LogP contribution in [0.2, 0.25) is 0 Å². The number of ketones is 1. The zero-order valence-corrected chi connectivity index (χ0v) is 15.5. The van der Waals surface area contributed by atoms with E-state index in [0.29, 0.717) is 22.8 Å². The number of carboxylic acid groups (broad SMARTS) is 1. The van der Waals surface area contributed by atoms with E-state index in [0.717, 1.165) is 38.0 Å². The molecule has 1 aliphatic heterocycles. The van der Waals surface area contributed by atoms with Gasteiger partial charge in [-0.2, -0.15) is 0 Å². The second kappa shape index (κ2) is 6.76. The van der Waals surface area contributed by atoms with Gasteiger partial charge in [-0.05, 0) is 51.2 Å². The number of benzene rings is 1. The number of carbonyl (C=O) groups excluding carboxylic acids is 1. The number of carbonyl (C=O) groups is 2. The predicted octanol–water partition coefficient (Wildman–Crippen LogP) is 2.53. The number of nitrogens with zero attached hydrogens (tertiary/aromatic N) is 1. The van der Waals surface area contributed by atoms with E-state index in [2.05, 4.69) is 4.90 Å². The van der Waals surface area contributed by atoms with Gasteiger partial charge in [0.05, 0.1) is 12.8 Å². The Balaban J connectivity index is 1.91. The van der Waals surface area contributed by atoms with Crippen molar-refractivity contribution in [2.45, 2.75) is 38.6 Å². The van der Waals surface area contributed by atoms with Gasteiger partial charge in [0.25, 0.3) is 0 Å². The van der Waals surface area contributed by atoms with Crippen molar-refractivity contribution in [2.24, 2.45) is 11.7 Å². The second-order valence-electron chi connectivity index (χ2n) is 7.29. The lowest BCUT2D eigenvalue weighted by atomic mass is 9.96. The lowest BCUT2D eigenvalue weighted by Crippen LogP contribution is -2.34. The molecule has 3 N–H and O–H groups in total. The SMILES string of the molecule is C/C=C(/C(=O)O)C(=O)c1ccc(N2CCC(C3(N)CC3)C2)c(OC)c1C. The minimum absolute atomic E-state index is 0.00472. The third kappa shape index (κ3) is 3.09. The fraction of sp³-hybridized carbons (Fsp3) is 0.500. The molecule has 0 amide bonds. The molecule has 3 rings (SSSR count). The molecular weight excluding hydrogens is 332 g/mol. The zero-order valence-electron chi connectivity index (χ0n) is 15.5. The molecule has 0 spiro atoms. The van der Waals surface area contributed by atoms with E-state index in [4.69, 9.17) is 10.5 Å². The number of hydrogen-bond donors (Lipinski definition) is 2. The second-order valence-corrected chi connectivity index (χ2v) is 7.29. The summed E-state index contributed by atoms with van der Waals surface area (Å²) in [6, 6.07) is 3.55. The monoisotopic (exact) mass is 358 g/mol. The fourth-order valence-electron chi connectivity index (χ4n) is 3.93. The smallest absolute Gasteiger partial charge is 0.339 e. The van der Waals surface area contributed by atoms with E-state index in [-0.39, 0.29) is 11.1 Å². The van der Waals surface area contributed by atoms with Gasteiger partial charge in [0, 0.05) is 29.8 Å². The van der Waals surface area contributed by atoms with E-state index in [9.17, 15) is 14.7 Å². The number of nitrogens with two attached hydrogens (primary N) is 1. The largest absolute Gasteiger partial charge is 0.494 e. The molecule has 26 heavy (non-hydrogen) atoms. The molecule has 6 heteroatoms. The van der Waals surface area contributed by atoms with Crippen molar-refractivity contribution < 1.29 is 19.4 Å². The molecule has 1 unspecified atom stereocenters. The van der Waals surface area contributed by atoms with Gasteiger partial charge in [0.2, 0.25) is 0 Å². The normalized spacial score (nSPS) is 21.6. The molecular formula is C20H26N2O4. The van der Waals surface area contributed by atoms with Crippen molar-refractivity contribution in [3.05, 3.63) is 34.9 Å². The number of hydrogen-bond acceptors (Lipinski definition) is 5. The molecule has 1 aromatic rings. The van der Waals surface area contributed by atoms with Crippen molar-refractivity contribution in [3.8, 4) is 5.75 Å². The average molecular weight is 358 g/mol. The summed E-state index contributed by atoms with van der Waals surface area (Å²) in [5, 5.41) is 9.22. The summed E-state index contributed by atoms with van der Waals surface area (Å²) in [6.45, 7) is 5.13. The number of allylic oxidation sites excluding steroid dienone is 1. The molecule has 1 saturated carbocycles. The van der Waals surface area contributed by atoms with Crippen LogP contribution in [0.5, 0.6) is 5.75 Å². The quantitative estimate of drug-likeness (QED) is 0.351. The first-order valence-electron chi connectivity index (χ1n) is 8.98. The number of ether oxygens (including phenoxy) is 1. The Hall–Kier alpha value is -2.34. The van der Waals surface area contributed by atoms with E-state index < -0.39 is 11.8 Å². The summed E-state index contributed by atoms with van der Waals surface area (Å²) in [5.74, 6) is -0.616. The predicted molar refractivity (Wildman–Crippen MR) is 99.9 cm³/mol. The van der Waals surface area contributed by atoms with Crippen LogP contribution >= 0.6 is 0 Å². The molecule has 2 aliphatic rings. The number of rotatable bonds is 6. The molecule has 0 aromatic heterocycles. The molecule has 1 aromatic carbocycles. The highest BCUT2D eigenvalue weighted by molar-refractivity contribution is 6.24. The summed E-state index contributed by atoms with van der Waals surface area (Å²) in [6.07, 6.45) is 4.57. The molecule has 2 fully saturated rings. The van der Waals surface area contributed by atoms with Gasteiger partial charge in [-0.25, -0.2) is 4.79 Å². The van der Waals surface area contributed by atoms with Crippen LogP contribution in [0.15, 0.2) is 23.8 Å². The molecule has 1 atom stereocenters. The fourth-order valence-corrected chi connectivity index (χ4v) is 3.93.